The van der Waals surface area contributed by atoms with E-state index >= 15 is 0 Å². The highest BCUT2D eigenvalue weighted by Crippen LogP contribution is 2.19. The maximum Gasteiger partial charge on any atom is 0.257 e. The molecule has 0 aliphatic carbocycles. The summed E-state index contributed by atoms with van der Waals surface area (Å²) in [5, 5.41) is 6.02. The average Bonchev–Trinajstić information content (AvgIpc) is 3.20. The van der Waals surface area contributed by atoms with Gasteiger partial charge in [-0.15, -0.1) is 0 Å². The Morgan fingerprint density at radius 2 is 2.08 bits per heavy atom. The van der Waals surface area contributed by atoms with Crippen LogP contribution in [0.1, 0.15) is 23.2 Å². The zero-order chi connectivity index (χ0) is 17.5. The Bertz CT molecular complexity index is 682. The molecule has 1 saturated heterocycles. The lowest BCUT2D eigenvalue weighted by Gasteiger charge is -2.31. The number of carbonyl (C=O) groups is 2. The Hall–Kier alpha value is -2.90. The molecule has 2 aromatic rings. The molecule has 0 radical (unpaired) electrons. The summed E-state index contributed by atoms with van der Waals surface area (Å²) in [6.45, 7) is 2.27. The van der Waals surface area contributed by atoms with E-state index in [9.17, 15) is 9.59 Å². The average molecular weight is 343 g/mol. The van der Waals surface area contributed by atoms with E-state index < -0.39 is 0 Å². The molecule has 0 spiro atoms. The molecule has 3 rings (SSSR count). The molecule has 8 nitrogen and oxygen atoms in total. The van der Waals surface area contributed by atoms with Gasteiger partial charge in [0.2, 0.25) is 5.91 Å². The number of anilines is 1. The fourth-order valence-electron chi connectivity index (χ4n) is 2.82. The number of nitrogens with zero attached hydrogens (tertiary/aromatic N) is 3. The summed E-state index contributed by atoms with van der Waals surface area (Å²) in [4.78, 5) is 34.3. The van der Waals surface area contributed by atoms with Crippen molar-refractivity contribution in [1.29, 1.82) is 0 Å². The minimum absolute atomic E-state index is 0.0383. The Morgan fingerprint density at radius 3 is 2.76 bits per heavy atom. The molecule has 2 N–H and O–H groups in total. The van der Waals surface area contributed by atoms with Crippen LogP contribution in [-0.4, -0.2) is 52.9 Å². The van der Waals surface area contributed by atoms with Gasteiger partial charge < -0.3 is 20.0 Å². The molecule has 0 aromatic carbocycles. The summed E-state index contributed by atoms with van der Waals surface area (Å²) in [5.74, 6) is 0.630. The third-order valence-electron chi connectivity index (χ3n) is 4.21. The molecule has 132 valence electrons. The van der Waals surface area contributed by atoms with Crippen molar-refractivity contribution < 1.29 is 14.0 Å². The van der Waals surface area contributed by atoms with Gasteiger partial charge in [0.1, 0.15) is 12.1 Å². The SMILES string of the molecule is O=C(NCCNc1cnccn1)C1CCN(C(=O)c2ccoc2)CC1. The highest BCUT2D eigenvalue weighted by atomic mass is 16.3. The summed E-state index contributed by atoms with van der Waals surface area (Å²) in [6.07, 6.45) is 9.14. The second-order valence-electron chi connectivity index (χ2n) is 5.89. The van der Waals surface area contributed by atoms with Crippen LogP contribution in [0.2, 0.25) is 0 Å². The monoisotopic (exact) mass is 343 g/mol. The van der Waals surface area contributed by atoms with Crippen LogP contribution in [0.3, 0.4) is 0 Å². The summed E-state index contributed by atoms with van der Waals surface area (Å²) in [6, 6.07) is 1.66. The van der Waals surface area contributed by atoms with Crippen LogP contribution < -0.4 is 10.6 Å². The highest BCUT2D eigenvalue weighted by molar-refractivity contribution is 5.94. The number of carbonyl (C=O) groups excluding carboxylic acids is 2. The van der Waals surface area contributed by atoms with E-state index in [1.165, 1.54) is 12.5 Å². The first-order valence-electron chi connectivity index (χ1n) is 8.33. The molecule has 1 aliphatic heterocycles. The third-order valence-corrected chi connectivity index (χ3v) is 4.21. The molecule has 1 aliphatic rings. The van der Waals surface area contributed by atoms with Gasteiger partial charge in [0, 0.05) is 44.5 Å². The maximum absolute atomic E-state index is 12.2. The molecule has 0 unspecified atom stereocenters. The van der Waals surface area contributed by atoms with Crippen LogP contribution in [0.15, 0.2) is 41.6 Å². The van der Waals surface area contributed by atoms with Crippen LogP contribution in [0.25, 0.3) is 0 Å². The summed E-state index contributed by atoms with van der Waals surface area (Å²) in [7, 11) is 0. The predicted octanol–water partition coefficient (Wildman–Crippen LogP) is 1.15. The Balaban J connectivity index is 1.36. The van der Waals surface area contributed by atoms with E-state index in [0.717, 1.165) is 0 Å². The van der Waals surface area contributed by atoms with Gasteiger partial charge in [0.15, 0.2) is 0 Å². The van der Waals surface area contributed by atoms with Crippen molar-refractivity contribution in [3.8, 4) is 0 Å². The van der Waals surface area contributed by atoms with Gasteiger partial charge in [0.05, 0.1) is 18.0 Å². The van der Waals surface area contributed by atoms with E-state index in [0.29, 0.717) is 50.4 Å². The number of amides is 2. The standard InChI is InChI=1S/C17H21N5O3/c23-16(21-7-6-20-15-11-18-4-5-19-15)13-1-8-22(9-2-13)17(24)14-3-10-25-12-14/h3-5,10-13H,1-2,6-9H2,(H,19,20)(H,21,23). The molecule has 0 bridgehead atoms. The van der Waals surface area contributed by atoms with Crippen LogP contribution in [0.5, 0.6) is 0 Å². The summed E-state index contributed by atoms with van der Waals surface area (Å²) < 4.78 is 4.95. The number of furan rings is 1. The van der Waals surface area contributed by atoms with E-state index in [1.54, 1.807) is 29.6 Å². The van der Waals surface area contributed by atoms with Crippen LogP contribution in [-0.2, 0) is 4.79 Å². The van der Waals surface area contributed by atoms with Crippen molar-refractivity contribution >= 4 is 17.6 Å². The lowest BCUT2D eigenvalue weighted by atomic mass is 9.95. The van der Waals surface area contributed by atoms with Crippen LogP contribution in [0, 0.1) is 5.92 Å². The minimum Gasteiger partial charge on any atom is -0.472 e. The normalized spacial score (nSPS) is 15.0. The Morgan fingerprint density at radius 1 is 1.24 bits per heavy atom. The van der Waals surface area contributed by atoms with Crippen LogP contribution in [0.4, 0.5) is 5.82 Å². The molecule has 8 heteroatoms. The van der Waals surface area contributed by atoms with Crippen molar-refractivity contribution in [3.05, 3.63) is 42.7 Å². The van der Waals surface area contributed by atoms with Gasteiger partial charge in [0.25, 0.3) is 5.91 Å². The third kappa shape index (κ3) is 4.56. The zero-order valence-corrected chi connectivity index (χ0v) is 13.9. The smallest absolute Gasteiger partial charge is 0.257 e. The number of piperidine rings is 1. The molecule has 2 aromatic heterocycles. The first-order valence-corrected chi connectivity index (χ1v) is 8.33. The van der Waals surface area contributed by atoms with E-state index in [4.69, 9.17) is 4.42 Å². The predicted molar refractivity (Wildman–Crippen MR) is 90.9 cm³/mol. The van der Waals surface area contributed by atoms with Gasteiger partial charge in [-0.2, -0.15) is 0 Å². The molecular formula is C17H21N5O3. The molecule has 3 heterocycles. The van der Waals surface area contributed by atoms with Gasteiger partial charge in [-0.3, -0.25) is 14.6 Å². The lowest BCUT2D eigenvalue weighted by Crippen LogP contribution is -2.43. The summed E-state index contributed by atoms with van der Waals surface area (Å²) >= 11 is 0. The van der Waals surface area contributed by atoms with E-state index in [2.05, 4.69) is 20.6 Å². The van der Waals surface area contributed by atoms with Gasteiger partial charge in [-0.25, -0.2) is 4.98 Å². The minimum atomic E-state index is -0.0510. The van der Waals surface area contributed by atoms with Crippen LogP contribution >= 0.6 is 0 Å². The molecule has 25 heavy (non-hydrogen) atoms. The number of rotatable bonds is 6. The van der Waals surface area contributed by atoms with E-state index in [1.807, 2.05) is 0 Å². The molecule has 2 amide bonds. The molecule has 1 fully saturated rings. The second kappa shape index (κ2) is 8.27. The zero-order valence-electron chi connectivity index (χ0n) is 13.9. The fraction of sp³-hybridized carbons (Fsp3) is 0.412. The first-order chi connectivity index (χ1) is 12.2. The molecule has 0 saturated carbocycles. The number of likely N-dealkylation sites (tertiary alicyclic amines) is 1. The number of aromatic nitrogens is 2. The van der Waals surface area contributed by atoms with E-state index in [-0.39, 0.29) is 17.7 Å². The Labute approximate surface area is 145 Å². The molecule has 0 atom stereocenters. The van der Waals surface area contributed by atoms with Crippen molar-refractivity contribution in [2.24, 2.45) is 5.92 Å². The number of nitrogens with one attached hydrogen (secondary N) is 2. The quantitative estimate of drug-likeness (QED) is 0.763. The largest absolute Gasteiger partial charge is 0.472 e. The second-order valence-corrected chi connectivity index (χ2v) is 5.89. The molecular weight excluding hydrogens is 322 g/mol. The van der Waals surface area contributed by atoms with Gasteiger partial charge in [-0.05, 0) is 18.9 Å². The van der Waals surface area contributed by atoms with Crippen molar-refractivity contribution in [2.75, 3.05) is 31.5 Å². The van der Waals surface area contributed by atoms with Gasteiger partial charge >= 0.3 is 0 Å². The number of hydrogen-bond donors (Lipinski definition) is 2. The topological polar surface area (TPSA) is 100 Å². The fourth-order valence-corrected chi connectivity index (χ4v) is 2.82. The summed E-state index contributed by atoms with van der Waals surface area (Å²) in [5.41, 5.74) is 0.554. The van der Waals surface area contributed by atoms with Crippen molar-refractivity contribution in [3.63, 3.8) is 0 Å². The maximum atomic E-state index is 12.2. The van der Waals surface area contributed by atoms with Gasteiger partial charge in [-0.1, -0.05) is 0 Å². The Kier molecular flexibility index (Phi) is 5.61. The number of hydrogen-bond acceptors (Lipinski definition) is 6. The highest BCUT2D eigenvalue weighted by Gasteiger charge is 2.27. The lowest BCUT2D eigenvalue weighted by molar-refractivity contribution is -0.126. The van der Waals surface area contributed by atoms with Crippen molar-refractivity contribution in [1.82, 2.24) is 20.2 Å². The first kappa shape index (κ1) is 16.9. The van der Waals surface area contributed by atoms with Crippen molar-refractivity contribution in [2.45, 2.75) is 12.8 Å².